The van der Waals surface area contributed by atoms with Gasteiger partial charge in [-0.1, -0.05) is 18.2 Å². The summed E-state index contributed by atoms with van der Waals surface area (Å²) in [6.45, 7) is 5.95. The molecule has 2 aliphatic rings. The SMILES string of the molecule is Cc1nc(C2CCN(CC(=O)N3CCCC3)CC2)ncc1C(=O)Nc1ccccc1. The van der Waals surface area contributed by atoms with E-state index in [-0.39, 0.29) is 17.7 Å². The number of nitrogens with zero attached hydrogens (tertiary/aromatic N) is 4. The van der Waals surface area contributed by atoms with Crippen molar-refractivity contribution in [3.05, 3.63) is 53.6 Å². The summed E-state index contributed by atoms with van der Waals surface area (Å²) in [6.07, 6.45) is 5.76. The molecule has 0 saturated carbocycles. The summed E-state index contributed by atoms with van der Waals surface area (Å²) in [5, 5.41) is 2.88. The molecule has 0 unspecified atom stereocenters. The first kappa shape index (κ1) is 20.5. The fourth-order valence-corrected chi connectivity index (χ4v) is 4.23. The highest BCUT2D eigenvalue weighted by atomic mass is 16.2. The van der Waals surface area contributed by atoms with E-state index < -0.39 is 0 Å². The molecule has 2 amide bonds. The van der Waals surface area contributed by atoms with Gasteiger partial charge in [-0.25, -0.2) is 9.97 Å². The summed E-state index contributed by atoms with van der Waals surface area (Å²) >= 11 is 0. The Morgan fingerprint density at radius 1 is 1.07 bits per heavy atom. The summed E-state index contributed by atoms with van der Waals surface area (Å²) in [7, 11) is 0. The molecule has 3 heterocycles. The topological polar surface area (TPSA) is 78.4 Å². The van der Waals surface area contributed by atoms with Gasteiger partial charge in [0.25, 0.3) is 5.91 Å². The first-order chi connectivity index (χ1) is 14.6. The second kappa shape index (κ2) is 9.34. The Kier molecular flexibility index (Phi) is 6.38. The molecule has 4 rings (SSSR count). The Balaban J connectivity index is 1.32. The molecule has 2 aromatic rings. The second-order valence-electron chi connectivity index (χ2n) is 8.19. The van der Waals surface area contributed by atoms with Crippen LogP contribution in [0.5, 0.6) is 0 Å². The predicted octanol–water partition coefficient (Wildman–Crippen LogP) is 2.84. The van der Waals surface area contributed by atoms with Crippen LogP contribution in [-0.4, -0.2) is 64.3 Å². The lowest BCUT2D eigenvalue weighted by Gasteiger charge is -2.31. The third-order valence-corrected chi connectivity index (χ3v) is 6.04. The molecule has 158 valence electrons. The van der Waals surface area contributed by atoms with E-state index in [1.165, 1.54) is 0 Å². The summed E-state index contributed by atoms with van der Waals surface area (Å²) in [5.41, 5.74) is 1.94. The lowest BCUT2D eigenvalue weighted by molar-refractivity contribution is -0.131. The zero-order valence-electron chi connectivity index (χ0n) is 17.5. The molecule has 7 nitrogen and oxygen atoms in total. The van der Waals surface area contributed by atoms with Crippen molar-refractivity contribution in [2.45, 2.75) is 38.5 Å². The van der Waals surface area contributed by atoms with Gasteiger partial charge >= 0.3 is 0 Å². The second-order valence-corrected chi connectivity index (χ2v) is 8.19. The summed E-state index contributed by atoms with van der Waals surface area (Å²) < 4.78 is 0. The fourth-order valence-electron chi connectivity index (χ4n) is 4.23. The van der Waals surface area contributed by atoms with Crippen molar-refractivity contribution >= 4 is 17.5 Å². The molecular formula is C23H29N5O2. The first-order valence-corrected chi connectivity index (χ1v) is 10.8. The van der Waals surface area contributed by atoms with Crippen LogP contribution in [0.25, 0.3) is 0 Å². The number of rotatable bonds is 5. The van der Waals surface area contributed by atoms with Gasteiger partial charge in [0.05, 0.1) is 17.8 Å². The van der Waals surface area contributed by atoms with Crippen LogP contribution in [0.2, 0.25) is 0 Å². The van der Waals surface area contributed by atoms with Gasteiger partial charge in [-0.2, -0.15) is 0 Å². The highest BCUT2D eigenvalue weighted by molar-refractivity contribution is 6.04. The van der Waals surface area contributed by atoms with Crippen LogP contribution >= 0.6 is 0 Å². The normalized spacial score (nSPS) is 17.8. The molecule has 0 bridgehead atoms. The maximum absolute atomic E-state index is 12.5. The minimum Gasteiger partial charge on any atom is -0.342 e. The van der Waals surface area contributed by atoms with Gasteiger partial charge in [-0.3, -0.25) is 14.5 Å². The Bertz CT molecular complexity index is 888. The van der Waals surface area contributed by atoms with Gasteiger partial charge in [-0.15, -0.1) is 0 Å². The smallest absolute Gasteiger partial charge is 0.259 e. The Morgan fingerprint density at radius 2 is 1.77 bits per heavy atom. The van der Waals surface area contributed by atoms with E-state index >= 15 is 0 Å². The number of aryl methyl sites for hydroxylation is 1. The van der Waals surface area contributed by atoms with Gasteiger partial charge in [0.2, 0.25) is 5.91 Å². The number of carbonyl (C=O) groups is 2. The number of anilines is 1. The number of piperidine rings is 1. The molecule has 2 aliphatic heterocycles. The Morgan fingerprint density at radius 3 is 2.43 bits per heavy atom. The maximum Gasteiger partial charge on any atom is 0.259 e. The van der Waals surface area contributed by atoms with Crippen LogP contribution in [0.3, 0.4) is 0 Å². The number of nitrogens with one attached hydrogen (secondary N) is 1. The van der Waals surface area contributed by atoms with Crippen molar-refractivity contribution in [3.63, 3.8) is 0 Å². The average molecular weight is 408 g/mol. The van der Waals surface area contributed by atoms with Gasteiger partial charge in [0.15, 0.2) is 0 Å². The van der Waals surface area contributed by atoms with Crippen LogP contribution in [0.4, 0.5) is 5.69 Å². The molecule has 2 fully saturated rings. The van der Waals surface area contributed by atoms with E-state index in [9.17, 15) is 9.59 Å². The number of benzene rings is 1. The molecule has 1 aromatic carbocycles. The van der Waals surface area contributed by atoms with E-state index in [0.717, 1.165) is 63.4 Å². The third-order valence-electron chi connectivity index (χ3n) is 6.04. The molecular weight excluding hydrogens is 378 g/mol. The number of aromatic nitrogens is 2. The molecule has 1 aromatic heterocycles. The van der Waals surface area contributed by atoms with Crippen molar-refractivity contribution in [2.75, 3.05) is 38.0 Å². The van der Waals surface area contributed by atoms with E-state index in [4.69, 9.17) is 0 Å². The molecule has 7 heteroatoms. The van der Waals surface area contributed by atoms with Crippen molar-refractivity contribution in [3.8, 4) is 0 Å². The van der Waals surface area contributed by atoms with Crippen molar-refractivity contribution in [1.82, 2.24) is 19.8 Å². The minimum absolute atomic E-state index is 0.194. The Labute approximate surface area is 177 Å². The largest absolute Gasteiger partial charge is 0.342 e. The van der Waals surface area contributed by atoms with Crippen molar-refractivity contribution in [2.24, 2.45) is 0 Å². The molecule has 0 spiro atoms. The highest BCUT2D eigenvalue weighted by Crippen LogP contribution is 2.26. The van der Waals surface area contributed by atoms with Crippen molar-refractivity contribution < 1.29 is 9.59 Å². The number of hydrogen-bond donors (Lipinski definition) is 1. The number of hydrogen-bond acceptors (Lipinski definition) is 5. The number of para-hydroxylation sites is 1. The maximum atomic E-state index is 12.5. The predicted molar refractivity (Wildman–Crippen MR) is 115 cm³/mol. The standard InChI is InChI=1S/C23H29N5O2/c1-17-20(23(30)26-19-7-3-2-4-8-19)15-24-22(25-17)18-9-13-27(14-10-18)16-21(29)28-11-5-6-12-28/h2-4,7-8,15,18H,5-6,9-14,16H2,1H3,(H,26,30). The first-order valence-electron chi connectivity index (χ1n) is 10.8. The highest BCUT2D eigenvalue weighted by Gasteiger charge is 2.26. The van der Waals surface area contributed by atoms with Crippen LogP contribution < -0.4 is 5.32 Å². The van der Waals surface area contributed by atoms with E-state index in [1.54, 1.807) is 6.20 Å². The van der Waals surface area contributed by atoms with Gasteiger partial charge < -0.3 is 10.2 Å². The lowest BCUT2D eigenvalue weighted by atomic mass is 9.95. The number of likely N-dealkylation sites (tertiary alicyclic amines) is 2. The summed E-state index contributed by atoms with van der Waals surface area (Å²) in [6, 6.07) is 9.38. The van der Waals surface area contributed by atoms with E-state index in [1.807, 2.05) is 42.2 Å². The van der Waals surface area contributed by atoms with Gasteiger partial charge in [0.1, 0.15) is 5.82 Å². The molecule has 2 saturated heterocycles. The van der Waals surface area contributed by atoms with Crippen LogP contribution in [0, 0.1) is 6.92 Å². The zero-order chi connectivity index (χ0) is 20.9. The summed E-state index contributed by atoms with van der Waals surface area (Å²) in [4.78, 5) is 38.3. The van der Waals surface area contributed by atoms with E-state index in [2.05, 4.69) is 20.2 Å². The van der Waals surface area contributed by atoms with E-state index in [0.29, 0.717) is 17.8 Å². The van der Waals surface area contributed by atoms with Crippen LogP contribution in [-0.2, 0) is 4.79 Å². The van der Waals surface area contributed by atoms with Crippen molar-refractivity contribution in [1.29, 1.82) is 0 Å². The van der Waals surface area contributed by atoms with Gasteiger partial charge in [0, 0.05) is 30.9 Å². The minimum atomic E-state index is -0.194. The molecule has 1 N–H and O–H groups in total. The lowest BCUT2D eigenvalue weighted by Crippen LogP contribution is -2.42. The Hall–Kier alpha value is -2.80. The molecule has 0 radical (unpaired) electrons. The van der Waals surface area contributed by atoms with Gasteiger partial charge in [-0.05, 0) is 57.8 Å². The number of carbonyl (C=O) groups excluding carboxylic acids is 2. The molecule has 0 aliphatic carbocycles. The third kappa shape index (κ3) is 4.84. The monoisotopic (exact) mass is 407 g/mol. The fraction of sp³-hybridized carbons (Fsp3) is 0.478. The summed E-state index contributed by atoms with van der Waals surface area (Å²) in [5.74, 6) is 1.13. The molecule has 0 atom stereocenters. The number of amides is 2. The van der Waals surface area contributed by atoms with Crippen LogP contribution in [0.1, 0.15) is 53.5 Å². The zero-order valence-corrected chi connectivity index (χ0v) is 17.5. The molecule has 30 heavy (non-hydrogen) atoms. The quantitative estimate of drug-likeness (QED) is 0.825. The average Bonchev–Trinajstić information content (AvgIpc) is 3.30. The van der Waals surface area contributed by atoms with Crippen LogP contribution in [0.15, 0.2) is 36.5 Å².